The van der Waals surface area contributed by atoms with Gasteiger partial charge in [0.1, 0.15) is 5.82 Å². The SMILES string of the molecule is CC(C)N1CCC(Cc2ncc3n2CCC(CO)C3)CC1. The molecule has 21 heavy (non-hydrogen) atoms. The summed E-state index contributed by atoms with van der Waals surface area (Å²) in [4.78, 5) is 7.27. The Morgan fingerprint density at radius 3 is 2.57 bits per heavy atom. The maximum Gasteiger partial charge on any atom is 0.109 e. The summed E-state index contributed by atoms with van der Waals surface area (Å²) in [6, 6.07) is 0.681. The first kappa shape index (κ1) is 15.0. The lowest BCUT2D eigenvalue weighted by atomic mass is 9.92. The molecule has 0 saturated carbocycles. The predicted molar refractivity (Wildman–Crippen MR) is 84.3 cm³/mol. The normalized spacial score (nSPS) is 24.5. The second kappa shape index (κ2) is 6.49. The number of aliphatic hydroxyl groups is 1. The van der Waals surface area contributed by atoms with Crippen LogP contribution in [0.4, 0.5) is 0 Å². The van der Waals surface area contributed by atoms with Crippen molar-refractivity contribution in [1.82, 2.24) is 14.5 Å². The number of fused-ring (bicyclic) bond motifs is 1. The van der Waals surface area contributed by atoms with Crippen LogP contribution in [0.15, 0.2) is 6.20 Å². The van der Waals surface area contributed by atoms with Crippen LogP contribution in [-0.4, -0.2) is 45.3 Å². The van der Waals surface area contributed by atoms with Gasteiger partial charge in [-0.2, -0.15) is 0 Å². The van der Waals surface area contributed by atoms with E-state index in [9.17, 15) is 5.11 Å². The lowest BCUT2D eigenvalue weighted by Crippen LogP contribution is -2.39. The molecule has 0 aromatic carbocycles. The van der Waals surface area contributed by atoms with Gasteiger partial charge in [0.15, 0.2) is 0 Å². The molecule has 1 unspecified atom stereocenters. The van der Waals surface area contributed by atoms with E-state index in [2.05, 4.69) is 28.3 Å². The molecule has 2 aliphatic heterocycles. The second-order valence-corrected chi connectivity index (χ2v) is 7.14. The summed E-state index contributed by atoms with van der Waals surface area (Å²) in [6.45, 7) is 8.42. The van der Waals surface area contributed by atoms with E-state index in [4.69, 9.17) is 0 Å². The van der Waals surface area contributed by atoms with Crippen molar-refractivity contribution in [3.63, 3.8) is 0 Å². The number of rotatable bonds is 4. The standard InChI is InChI=1S/C17H29N3O/c1-13(2)19-6-3-14(4-7-19)10-17-18-11-16-9-15(12-21)5-8-20(16)17/h11,13-15,21H,3-10,12H2,1-2H3. The lowest BCUT2D eigenvalue weighted by molar-refractivity contribution is 0.147. The van der Waals surface area contributed by atoms with E-state index in [-0.39, 0.29) is 0 Å². The Kier molecular flexibility index (Phi) is 4.65. The lowest BCUT2D eigenvalue weighted by Gasteiger charge is -2.34. The number of piperidine rings is 1. The minimum absolute atomic E-state index is 0.314. The van der Waals surface area contributed by atoms with Gasteiger partial charge in [-0.05, 0) is 64.5 Å². The van der Waals surface area contributed by atoms with Crippen LogP contribution < -0.4 is 0 Å². The molecule has 1 saturated heterocycles. The van der Waals surface area contributed by atoms with Crippen molar-refractivity contribution in [2.75, 3.05) is 19.7 Å². The van der Waals surface area contributed by atoms with Crippen molar-refractivity contribution < 1.29 is 5.11 Å². The molecule has 2 aliphatic rings. The highest BCUT2D eigenvalue weighted by atomic mass is 16.3. The predicted octanol–water partition coefficient (Wildman–Crippen LogP) is 2.10. The Morgan fingerprint density at radius 2 is 1.90 bits per heavy atom. The van der Waals surface area contributed by atoms with Crippen molar-refractivity contribution in [1.29, 1.82) is 0 Å². The number of hydrogen-bond donors (Lipinski definition) is 1. The Hall–Kier alpha value is -0.870. The van der Waals surface area contributed by atoms with Gasteiger partial charge in [0.2, 0.25) is 0 Å². The summed E-state index contributed by atoms with van der Waals surface area (Å²) in [5.41, 5.74) is 1.33. The molecule has 0 aliphatic carbocycles. The number of hydrogen-bond acceptors (Lipinski definition) is 3. The highest BCUT2D eigenvalue weighted by molar-refractivity contribution is 5.10. The molecule has 3 rings (SSSR count). The first-order valence-corrected chi connectivity index (χ1v) is 8.55. The Morgan fingerprint density at radius 1 is 1.19 bits per heavy atom. The van der Waals surface area contributed by atoms with E-state index in [0.717, 1.165) is 31.7 Å². The molecule has 0 radical (unpaired) electrons. The van der Waals surface area contributed by atoms with Crippen LogP contribution in [-0.2, 0) is 19.4 Å². The van der Waals surface area contributed by atoms with Crippen molar-refractivity contribution in [2.45, 2.75) is 58.5 Å². The minimum atomic E-state index is 0.314. The average Bonchev–Trinajstić information content (AvgIpc) is 2.90. The summed E-state index contributed by atoms with van der Waals surface area (Å²) < 4.78 is 2.42. The smallest absolute Gasteiger partial charge is 0.109 e. The van der Waals surface area contributed by atoms with E-state index in [1.165, 1.54) is 37.4 Å². The van der Waals surface area contributed by atoms with Crippen molar-refractivity contribution in [3.8, 4) is 0 Å². The quantitative estimate of drug-likeness (QED) is 0.923. The van der Waals surface area contributed by atoms with Gasteiger partial charge in [-0.15, -0.1) is 0 Å². The fourth-order valence-electron chi connectivity index (χ4n) is 3.85. The Labute approximate surface area is 128 Å². The van der Waals surface area contributed by atoms with Crippen LogP contribution in [0, 0.1) is 11.8 Å². The maximum atomic E-state index is 9.32. The molecule has 1 aromatic heterocycles. The molecule has 0 bridgehead atoms. The molecular formula is C17H29N3O. The van der Waals surface area contributed by atoms with Crippen LogP contribution >= 0.6 is 0 Å². The van der Waals surface area contributed by atoms with Crippen molar-refractivity contribution >= 4 is 0 Å². The number of aliphatic hydroxyl groups excluding tert-OH is 1. The van der Waals surface area contributed by atoms with Gasteiger partial charge in [-0.3, -0.25) is 0 Å². The zero-order chi connectivity index (χ0) is 14.8. The molecule has 4 nitrogen and oxygen atoms in total. The van der Waals surface area contributed by atoms with E-state index in [0.29, 0.717) is 18.6 Å². The Bertz CT molecular complexity index is 461. The van der Waals surface area contributed by atoms with E-state index < -0.39 is 0 Å². The fraction of sp³-hybridized carbons (Fsp3) is 0.824. The molecule has 118 valence electrons. The van der Waals surface area contributed by atoms with Gasteiger partial charge >= 0.3 is 0 Å². The third-order valence-electron chi connectivity index (χ3n) is 5.39. The number of nitrogens with zero attached hydrogens (tertiary/aromatic N) is 3. The van der Waals surface area contributed by atoms with E-state index in [1.54, 1.807) is 0 Å². The van der Waals surface area contributed by atoms with E-state index in [1.807, 2.05) is 6.20 Å². The van der Waals surface area contributed by atoms with Gasteiger partial charge in [0.05, 0.1) is 0 Å². The minimum Gasteiger partial charge on any atom is -0.396 e. The molecule has 0 amide bonds. The summed E-state index contributed by atoms with van der Waals surface area (Å²) >= 11 is 0. The third-order valence-corrected chi connectivity index (χ3v) is 5.39. The maximum absolute atomic E-state index is 9.32. The third kappa shape index (κ3) is 3.32. The first-order chi connectivity index (χ1) is 10.2. The van der Waals surface area contributed by atoms with Gasteiger partial charge in [0, 0.05) is 37.5 Å². The van der Waals surface area contributed by atoms with Crippen molar-refractivity contribution in [3.05, 3.63) is 17.7 Å². The zero-order valence-electron chi connectivity index (χ0n) is 13.5. The number of imidazole rings is 1. The number of aromatic nitrogens is 2. The molecule has 1 fully saturated rings. The topological polar surface area (TPSA) is 41.3 Å². The molecule has 1 atom stereocenters. The largest absolute Gasteiger partial charge is 0.396 e. The van der Waals surface area contributed by atoms with Crippen LogP contribution in [0.25, 0.3) is 0 Å². The van der Waals surface area contributed by atoms with Crippen LogP contribution in [0.5, 0.6) is 0 Å². The Balaban J connectivity index is 1.59. The van der Waals surface area contributed by atoms with Gasteiger partial charge in [-0.1, -0.05) is 0 Å². The average molecular weight is 291 g/mol. The summed E-state index contributed by atoms with van der Waals surface area (Å²) in [7, 11) is 0. The van der Waals surface area contributed by atoms with E-state index >= 15 is 0 Å². The first-order valence-electron chi connectivity index (χ1n) is 8.55. The van der Waals surface area contributed by atoms with Gasteiger partial charge < -0.3 is 14.6 Å². The monoisotopic (exact) mass is 291 g/mol. The van der Waals surface area contributed by atoms with Crippen LogP contribution in [0.3, 0.4) is 0 Å². The summed E-state index contributed by atoms with van der Waals surface area (Å²) in [5, 5.41) is 9.32. The van der Waals surface area contributed by atoms with Crippen LogP contribution in [0.1, 0.15) is 44.6 Å². The van der Waals surface area contributed by atoms with Crippen LogP contribution in [0.2, 0.25) is 0 Å². The molecule has 1 aromatic rings. The summed E-state index contributed by atoms with van der Waals surface area (Å²) in [5.74, 6) is 2.52. The highest BCUT2D eigenvalue weighted by Crippen LogP contribution is 2.26. The van der Waals surface area contributed by atoms with Gasteiger partial charge in [-0.25, -0.2) is 4.98 Å². The molecule has 3 heterocycles. The molecule has 1 N–H and O–H groups in total. The molecule has 0 spiro atoms. The molecular weight excluding hydrogens is 262 g/mol. The summed E-state index contributed by atoms with van der Waals surface area (Å²) in [6.07, 6.45) is 7.88. The van der Waals surface area contributed by atoms with Crippen molar-refractivity contribution in [2.24, 2.45) is 11.8 Å². The highest BCUT2D eigenvalue weighted by Gasteiger charge is 2.25. The fourth-order valence-corrected chi connectivity index (χ4v) is 3.85. The molecule has 4 heteroatoms. The second-order valence-electron chi connectivity index (χ2n) is 7.14. The van der Waals surface area contributed by atoms with Gasteiger partial charge in [0.25, 0.3) is 0 Å². The number of likely N-dealkylation sites (tertiary alicyclic amines) is 1. The zero-order valence-corrected chi connectivity index (χ0v) is 13.5.